The van der Waals surface area contributed by atoms with E-state index in [0.717, 1.165) is 17.5 Å². The molecule has 1 N–H and O–H groups in total. The summed E-state index contributed by atoms with van der Waals surface area (Å²) in [5, 5.41) is 4.27. The lowest BCUT2D eigenvalue weighted by atomic mass is 10.6. The molecule has 0 bridgehead atoms. The maximum atomic E-state index is 4.48. The van der Waals surface area contributed by atoms with Crippen LogP contribution in [-0.2, 0) is 6.54 Å². The third kappa shape index (κ3) is 3.87. The highest BCUT2D eigenvalue weighted by atomic mass is 32.1. The van der Waals surface area contributed by atoms with E-state index in [2.05, 4.69) is 29.1 Å². The highest BCUT2D eigenvalue weighted by Crippen LogP contribution is 2.11. The Kier molecular flexibility index (Phi) is 4.55. The van der Waals surface area contributed by atoms with E-state index in [9.17, 15) is 0 Å². The average molecular weight is 226 g/mol. The van der Waals surface area contributed by atoms with E-state index in [4.69, 9.17) is 0 Å². The van der Waals surface area contributed by atoms with Crippen molar-refractivity contribution in [3.8, 4) is 0 Å². The van der Waals surface area contributed by atoms with Gasteiger partial charge in [0.15, 0.2) is 5.96 Å². The van der Waals surface area contributed by atoms with Gasteiger partial charge in [0.1, 0.15) is 5.01 Å². The van der Waals surface area contributed by atoms with Gasteiger partial charge in [-0.2, -0.15) is 0 Å². The van der Waals surface area contributed by atoms with Crippen LogP contribution in [0.5, 0.6) is 0 Å². The number of guanidine groups is 1. The minimum Gasteiger partial charge on any atom is -0.357 e. The summed E-state index contributed by atoms with van der Waals surface area (Å²) < 4.78 is 0. The Morgan fingerprint density at radius 1 is 1.60 bits per heavy atom. The van der Waals surface area contributed by atoms with Crippen LogP contribution in [0.3, 0.4) is 0 Å². The largest absolute Gasteiger partial charge is 0.357 e. The molecule has 0 saturated carbocycles. The van der Waals surface area contributed by atoms with Crippen molar-refractivity contribution in [2.45, 2.75) is 20.4 Å². The Hall–Kier alpha value is -1.10. The molecule has 0 aromatic carbocycles. The molecule has 1 rings (SSSR count). The molecule has 0 fully saturated rings. The molecule has 0 aliphatic rings. The van der Waals surface area contributed by atoms with Crippen LogP contribution in [0.1, 0.15) is 16.8 Å². The first-order chi connectivity index (χ1) is 7.13. The van der Waals surface area contributed by atoms with Crippen LogP contribution in [0.2, 0.25) is 0 Å². The Labute approximate surface area is 95.1 Å². The van der Waals surface area contributed by atoms with Crippen molar-refractivity contribution in [1.29, 1.82) is 0 Å². The fraction of sp³-hybridized carbons (Fsp3) is 0.600. The van der Waals surface area contributed by atoms with E-state index in [1.165, 1.54) is 4.88 Å². The van der Waals surface area contributed by atoms with Gasteiger partial charge in [-0.25, -0.2) is 9.98 Å². The number of aromatic nitrogens is 1. The van der Waals surface area contributed by atoms with Crippen LogP contribution in [0, 0.1) is 6.92 Å². The second-order valence-corrected chi connectivity index (χ2v) is 4.75. The first-order valence-corrected chi connectivity index (χ1v) is 5.82. The molecule has 0 aliphatic carbocycles. The summed E-state index contributed by atoms with van der Waals surface area (Å²) in [4.78, 5) is 12.0. The molecule has 84 valence electrons. The van der Waals surface area contributed by atoms with Gasteiger partial charge in [-0.3, -0.25) is 0 Å². The lowest BCUT2D eigenvalue weighted by Gasteiger charge is -2.16. The smallest absolute Gasteiger partial charge is 0.193 e. The molecule has 1 aromatic rings. The Bertz CT molecular complexity index is 330. The third-order valence-electron chi connectivity index (χ3n) is 1.79. The van der Waals surface area contributed by atoms with E-state index < -0.39 is 0 Å². The number of aryl methyl sites for hydroxylation is 1. The molecule has 4 nitrogen and oxygen atoms in total. The van der Waals surface area contributed by atoms with Gasteiger partial charge in [0.05, 0.1) is 6.54 Å². The lowest BCUT2D eigenvalue weighted by Crippen LogP contribution is -2.36. The van der Waals surface area contributed by atoms with E-state index in [1.54, 1.807) is 11.3 Å². The molecular formula is C10H18N4S. The van der Waals surface area contributed by atoms with Gasteiger partial charge >= 0.3 is 0 Å². The summed E-state index contributed by atoms with van der Waals surface area (Å²) in [5.41, 5.74) is 0. The molecule has 0 spiro atoms. The molecule has 0 atom stereocenters. The predicted molar refractivity (Wildman–Crippen MR) is 65.4 cm³/mol. The minimum atomic E-state index is 0.652. The molecule has 0 saturated heterocycles. The first-order valence-electron chi connectivity index (χ1n) is 5.00. The number of hydrogen-bond donors (Lipinski definition) is 1. The summed E-state index contributed by atoms with van der Waals surface area (Å²) in [7, 11) is 3.96. The summed E-state index contributed by atoms with van der Waals surface area (Å²) in [6, 6.07) is 0. The van der Waals surface area contributed by atoms with Crippen molar-refractivity contribution >= 4 is 17.3 Å². The molecular weight excluding hydrogens is 208 g/mol. The van der Waals surface area contributed by atoms with Gasteiger partial charge in [-0.15, -0.1) is 11.3 Å². The van der Waals surface area contributed by atoms with Crippen molar-refractivity contribution in [1.82, 2.24) is 15.2 Å². The molecule has 1 aromatic heterocycles. The quantitative estimate of drug-likeness (QED) is 0.627. The molecule has 1 heterocycles. The normalized spacial score (nSPS) is 11.6. The zero-order valence-electron chi connectivity index (χ0n) is 9.74. The molecule has 5 heteroatoms. The Morgan fingerprint density at radius 2 is 2.33 bits per heavy atom. The van der Waals surface area contributed by atoms with E-state index >= 15 is 0 Å². The predicted octanol–water partition coefficient (Wildman–Crippen LogP) is 1.48. The van der Waals surface area contributed by atoms with Gasteiger partial charge in [0.2, 0.25) is 0 Å². The van der Waals surface area contributed by atoms with Crippen LogP contribution in [0.25, 0.3) is 0 Å². The van der Waals surface area contributed by atoms with Gasteiger partial charge < -0.3 is 10.2 Å². The van der Waals surface area contributed by atoms with Crippen molar-refractivity contribution < 1.29 is 0 Å². The topological polar surface area (TPSA) is 40.5 Å². The Balaban J connectivity index is 2.60. The van der Waals surface area contributed by atoms with Crippen LogP contribution >= 0.6 is 11.3 Å². The van der Waals surface area contributed by atoms with Crippen LogP contribution in [0.15, 0.2) is 11.2 Å². The van der Waals surface area contributed by atoms with Crippen LogP contribution < -0.4 is 5.32 Å². The zero-order chi connectivity index (χ0) is 11.3. The zero-order valence-corrected chi connectivity index (χ0v) is 10.6. The number of rotatable bonds is 3. The van der Waals surface area contributed by atoms with E-state index in [-0.39, 0.29) is 0 Å². The van der Waals surface area contributed by atoms with Crippen molar-refractivity contribution in [2.75, 3.05) is 20.6 Å². The molecule has 15 heavy (non-hydrogen) atoms. The lowest BCUT2D eigenvalue weighted by molar-refractivity contribution is 0.583. The summed E-state index contributed by atoms with van der Waals surface area (Å²) in [6.45, 7) is 5.65. The standard InChI is InChI=1S/C10H18N4S/c1-5-11-10(14(3)4)13-7-9-12-6-8(2)15-9/h6H,5,7H2,1-4H3,(H,11,13). The van der Waals surface area contributed by atoms with Gasteiger partial charge in [-0.1, -0.05) is 0 Å². The van der Waals surface area contributed by atoms with Crippen LogP contribution in [0.4, 0.5) is 0 Å². The van der Waals surface area contributed by atoms with Crippen LogP contribution in [-0.4, -0.2) is 36.5 Å². The van der Waals surface area contributed by atoms with E-state index in [1.807, 2.05) is 25.2 Å². The SMILES string of the molecule is CCNC(=NCc1ncc(C)s1)N(C)C. The highest BCUT2D eigenvalue weighted by Gasteiger charge is 2.01. The van der Waals surface area contributed by atoms with Gasteiger partial charge in [0, 0.05) is 31.7 Å². The number of nitrogens with zero attached hydrogens (tertiary/aromatic N) is 3. The maximum absolute atomic E-state index is 4.48. The third-order valence-corrected chi connectivity index (χ3v) is 2.69. The van der Waals surface area contributed by atoms with Gasteiger partial charge in [0.25, 0.3) is 0 Å². The highest BCUT2D eigenvalue weighted by molar-refractivity contribution is 7.11. The van der Waals surface area contributed by atoms with Crippen molar-refractivity contribution in [3.05, 3.63) is 16.1 Å². The second-order valence-electron chi connectivity index (χ2n) is 3.43. The number of aliphatic imine (C=N–C) groups is 1. The monoisotopic (exact) mass is 226 g/mol. The summed E-state index contributed by atoms with van der Waals surface area (Å²) in [6.07, 6.45) is 1.89. The first kappa shape index (κ1) is 12.0. The second kappa shape index (κ2) is 5.70. The summed E-state index contributed by atoms with van der Waals surface area (Å²) >= 11 is 1.70. The minimum absolute atomic E-state index is 0.652. The average Bonchev–Trinajstić information content (AvgIpc) is 2.58. The number of thiazole rings is 1. The van der Waals surface area contributed by atoms with Gasteiger partial charge in [-0.05, 0) is 13.8 Å². The number of hydrogen-bond acceptors (Lipinski definition) is 3. The number of nitrogens with one attached hydrogen (secondary N) is 1. The molecule has 0 amide bonds. The Morgan fingerprint density at radius 3 is 2.80 bits per heavy atom. The fourth-order valence-electron chi connectivity index (χ4n) is 1.13. The molecule has 0 unspecified atom stereocenters. The molecule has 0 aliphatic heterocycles. The summed E-state index contributed by atoms with van der Waals surface area (Å²) in [5.74, 6) is 0.908. The van der Waals surface area contributed by atoms with E-state index in [0.29, 0.717) is 6.54 Å². The fourth-order valence-corrected chi connectivity index (χ4v) is 1.84. The van der Waals surface area contributed by atoms with Crippen molar-refractivity contribution in [3.63, 3.8) is 0 Å². The molecule has 0 radical (unpaired) electrons. The van der Waals surface area contributed by atoms with Crippen molar-refractivity contribution in [2.24, 2.45) is 4.99 Å². The maximum Gasteiger partial charge on any atom is 0.193 e.